The monoisotopic (exact) mass is 709 g/mol. The fraction of sp³-hybridized carbons (Fsp3) is 0.200. The molecule has 1 N–H and O–H groups in total. The summed E-state index contributed by atoms with van der Waals surface area (Å²) in [6.07, 6.45) is 5.14. The Morgan fingerprint density at radius 1 is 0.857 bits per heavy atom. The maximum atomic E-state index is 12.8. The highest BCUT2D eigenvalue weighted by atomic mass is 35.5. The summed E-state index contributed by atoms with van der Waals surface area (Å²) < 4.78 is 8.77. The SMILES string of the molecule is CN(C)C(=O)c1ccc(C=CC(=O)NCc2cccn2-c2cc(CO[SiH](c3ccccc3)c3ccccc3)c(Cl)c(C(C)(C)C)c2Cl)cc1. The van der Waals surface area contributed by atoms with Crippen molar-refractivity contribution >= 4 is 60.5 Å². The lowest BCUT2D eigenvalue weighted by Gasteiger charge is -2.27. The van der Waals surface area contributed by atoms with Gasteiger partial charge in [0.1, 0.15) is 0 Å². The molecule has 0 fully saturated rings. The molecule has 0 bridgehead atoms. The van der Waals surface area contributed by atoms with Crippen LogP contribution in [-0.2, 0) is 27.8 Å². The third-order valence-corrected chi connectivity index (χ3v) is 11.4. The Hall–Kier alpha value is -4.40. The molecule has 9 heteroatoms. The Bertz CT molecular complexity index is 1890. The van der Waals surface area contributed by atoms with Crippen molar-refractivity contribution in [3.8, 4) is 5.69 Å². The van der Waals surface area contributed by atoms with Crippen molar-refractivity contribution in [3.63, 3.8) is 0 Å². The highest BCUT2D eigenvalue weighted by Gasteiger charge is 2.27. The molecule has 0 aliphatic carbocycles. The largest absolute Gasteiger partial charge is 0.407 e. The topological polar surface area (TPSA) is 63.6 Å². The first kappa shape index (κ1) is 35.9. The van der Waals surface area contributed by atoms with Crippen molar-refractivity contribution in [2.24, 2.45) is 0 Å². The van der Waals surface area contributed by atoms with E-state index in [1.54, 1.807) is 32.3 Å². The number of carbonyl (C=O) groups excluding carboxylic acids is 2. The lowest BCUT2D eigenvalue weighted by atomic mass is 9.85. The quantitative estimate of drug-likeness (QED) is 0.117. The summed E-state index contributed by atoms with van der Waals surface area (Å²) >= 11 is 14.3. The minimum Gasteiger partial charge on any atom is -0.407 e. The van der Waals surface area contributed by atoms with E-state index in [0.717, 1.165) is 28.1 Å². The van der Waals surface area contributed by atoms with Gasteiger partial charge in [-0.05, 0) is 68.9 Å². The number of carbonyl (C=O) groups is 2. The van der Waals surface area contributed by atoms with Crippen LogP contribution in [0.5, 0.6) is 0 Å². The summed E-state index contributed by atoms with van der Waals surface area (Å²) in [6.45, 7) is 6.87. The first-order chi connectivity index (χ1) is 23.4. The number of rotatable bonds is 11. The molecular weight excluding hydrogens is 669 g/mol. The molecule has 4 aromatic carbocycles. The molecule has 1 aromatic heterocycles. The molecule has 252 valence electrons. The fourth-order valence-electron chi connectivity index (χ4n) is 5.63. The molecular formula is C40H41Cl2N3O3Si. The van der Waals surface area contributed by atoms with E-state index in [0.29, 0.717) is 22.2 Å². The molecule has 0 radical (unpaired) electrons. The molecule has 49 heavy (non-hydrogen) atoms. The normalized spacial score (nSPS) is 11.7. The van der Waals surface area contributed by atoms with Crippen LogP contribution in [0.3, 0.4) is 0 Å². The molecule has 0 unspecified atom stereocenters. The van der Waals surface area contributed by atoms with Crippen LogP contribution in [-0.4, -0.2) is 44.4 Å². The van der Waals surface area contributed by atoms with Gasteiger partial charge in [-0.1, -0.05) is 117 Å². The third kappa shape index (κ3) is 8.80. The Morgan fingerprint density at radius 2 is 1.47 bits per heavy atom. The standard InChI is InChI=1S/C40H41Cl2N3O3Si/c1-40(2,3)36-37(41)30(27-48-49(32-14-8-6-9-15-32)33-16-10-7-11-17-33)25-34(38(36)42)45-24-12-13-31(45)26-43-35(46)23-20-28-18-21-29(22-19-28)39(47)44(4)5/h6-25,49H,26-27H2,1-5H3,(H,43,46). The van der Waals surface area contributed by atoms with Gasteiger partial charge < -0.3 is 19.2 Å². The molecule has 5 rings (SSSR count). The van der Waals surface area contributed by atoms with E-state index in [1.165, 1.54) is 21.3 Å². The third-order valence-electron chi connectivity index (χ3n) is 8.14. The van der Waals surface area contributed by atoms with Gasteiger partial charge in [-0.25, -0.2) is 0 Å². The van der Waals surface area contributed by atoms with Crippen molar-refractivity contribution < 1.29 is 14.0 Å². The van der Waals surface area contributed by atoms with Crippen molar-refractivity contribution in [3.05, 3.63) is 153 Å². The molecule has 0 aliphatic rings. The van der Waals surface area contributed by atoms with Crippen LogP contribution in [0, 0.1) is 0 Å². The number of halogens is 2. The van der Waals surface area contributed by atoms with Crippen molar-refractivity contribution in [1.29, 1.82) is 0 Å². The van der Waals surface area contributed by atoms with Crippen molar-refractivity contribution in [2.75, 3.05) is 14.1 Å². The minimum atomic E-state index is -2.03. The van der Waals surface area contributed by atoms with E-state index < -0.39 is 9.04 Å². The van der Waals surface area contributed by atoms with E-state index in [9.17, 15) is 9.59 Å². The van der Waals surface area contributed by atoms with Crippen LogP contribution in [0.15, 0.2) is 115 Å². The van der Waals surface area contributed by atoms with Gasteiger partial charge in [-0.2, -0.15) is 0 Å². The van der Waals surface area contributed by atoms with Crippen LogP contribution in [0.25, 0.3) is 11.8 Å². The highest BCUT2D eigenvalue weighted by molar-refractivity contribution is 6.80. The number of hydrogen-bond acceptors (Lipinski definition) is 3. The lowest BCUT2D eigenvalue weighted by Crippen LogP contribution is -2.44. The van der Waals surface area contributed by atoms with Crippen molar-refractivity contribution in [1.82, 2.24) is 14.8 Å². The van der Waals surface area contributed by atoms with Crippen molar-refractivity contribution in [2.45, 2.75) is 39.3 Å². The molecule has 0 saturated heterocycles. The van der Waals surface area contributed by atoms with Gasteiger partial charge in [0.2, 0.25) is 14.9 Å². The Morgan fingerprint density at radius 3 is 2.04 bits per heavy atom. The van der Waals surface area contributed by atoms with Gasteiger partial charge in [0.05, 0.1) is 28.9 Å². The summed E-state index contributed by atoms with van der Waals surface area (Å²) in [7, 11) is 1.39. The molecule has 0 aliphatic heterocycles. The second-order valence-electron chi connectivity index (χ2n) is 13.1. The fourth-order valence-corrected chi connectivity index (χ4v) is 8.95. The van der Waals surface area contributed by atoms with Gasteiger partial charge in [-0.3, -0.25) is 9.59 Å². The molecule has 5 aromatic rings. The summed E-state index contributed by atoms with van der Waals surface area (Å²) in [4.78, 5) is 26.5. The average molecular weight is 711 g/mol. The first-order valence-electron chi connectivity index (χ1n) is 16.1. The number of nitrogens with zero attached hydrogens (tertiary/aromatic N) is 2. The Kier molecular flexibility index (Phi) is 11.6. The zero-order chi connectivity index (χ0) is 35.1. The molecule has 1 heterocycles. The molecule has 2 amide bonds. The van der Waals surface area contributed by atoms with E-state index in [4.69, 9.17) is 27.6 Å². The number of hydrogen-bond donors (Lipinski definition) is 1. The predicted octanol–water partition coefficient (Wildman–Crippen LogP) is 7.17. The molecule has 0 spiro atoms. The van der Waals surface area contributed by atoms with Crippen LogP contribution in [0.1, 0.15) is 53.5 Å². The van der Waals surface area contributed by atoms with Gasteiger partial charge >= 0.3 is 0 Å². The average Bonchev–Trinajstić information content (AvgIpc) is 3.56. The Labute approximate surface area is 300 Å². The van der Waals surface area contributed by atoms with Crippen LogP contribution >= 0.6 is 23.2 Å². The van der Waals surface area contributed by atoms with Crippen LogP contribution in [0.4, 0.5) is 0 Å². The lowest BCUT2D eigenvalue weighted by molar-refractivity contribution is -0.116. The molecule has 0 atom stereocenters. The predicted molar refractivity (Wildman–Crippen MR) is 204 cm³/mol. The van der Waals surface area contributed by atoms with E-state index >= 15 is 0 Å². The highest BCUT2D eigenvalue weighted by Crippen LogP contribution is 2.41. The van der Waals surface area contributed by atoms with E-state index in [-0.39, 0.29) is 23.8 Å². The number of aromatic nitrogens is 1. The molecule has 6 nitrogen and oxygen atoms in total. The molecule has 0 saturated carbocycles. The number of nitrogens with one attached hydrogen (secondary N) is 1. The van der Waals surface area contributed by atoms with Gasteiger partial charge in [0, 0.05) is 37.6 Å². The van der Waals surface area contributed by atoms with Crippen LogP contribution < -0.4 is 15.7 Å². The smallest absolute Gasteiger partial charge is 0.253 e. The van der Waals surface area contributed by atoms with Gasteiger partial charge in [0.25, 0.3) is 5.91 Å². The zero-order valence-electron chi connectivity index (χ0n) is 28.4. The Balaban J connectivity index is 1.38. The van der Waals surface area contributed by atoms with E-state index in [2.05, 4.69) is 50.4 Å². The summed E-state index contributed by atoms with van der Waals surface area (Å²) in [5.41, 5.74) is 4.37. The van der Waals surface area contributed by atoms with E-state index in [1.807, 2.05) is 77.5 Å². The second kappa shape index (κ2) is 15.9. The number of amides is 2. The maximum Gasteiger partial charge on any atom is 0.253 e. The zero-order valence-corrected chi connectivity index (χ0v) is 31.1. The maximum absolute atomic E-state index is 12.8. The summed E-state index contributed by atoms with van der Waals surface area (Å²) in [5, 5.41) is 6.50. The number of benzene rings is 4. The second-order valence-corrected chi connectivity index (χ2v) is 16.2. The summed E-state index contributed by atoms with van der Waals surface area (Å²) in [6, 6.07) is 33.7. The van der Waals surface area contributed by atoms with Crippen LogP contribution in [0.2, 0.25) is 10.0 Å². The van der Waals surface area contributed by atoms with Gasteiger partial charge in [0.15, 0.2) is 0 Å². The van der Waals surface area contributed by atoms with Gasteiger partial charge in [-0.15, -0.1) is 0 Å². The summed E-state index contributed by atoms with van der Waals surface area (Å²) in [5.74, 6) is -0.317. The first-order valence-corrected chi connectivity index (χ1v) is 18.5. The minimum absolute atomic E-state index is 0.0725.